The van der Waals surface area contributed by atoms with Crippen LogP contribution in [0.15, 0.2) is 24.3 Å². The topological polar surface area (TPSA) is 40.5 Å². The van der Waals surface area contributed by atoms with Crippen LogP contribution in [0.25, 0.3) is 0 Å². The van der Waals surface area contributed by atoms with Gasteiger partial charge in [0.05, 0.1) is 0 Å². The van der Waals surface area contributed by atoms with Crippen LogP contribution in [0.5, 0.6) is 0 Å². The molecule has 0 bridgehead atoms. The summed E-state index contributed by atoms with van der Waals surface area (Å²) < 4.78 is 0.980. The minimum Gasteiger partial charge on any atom is -0.286 e. The van der Waals surface area contributed by atoms with Gasteiger partial charge in [0.15, 0.2) is 0 Å². The third-order valence-corrected chi connectivity index (χ3v) is 2.28. The quantitative estimate of drug-likeness (QED) is 0.515. The van der Waals surface area contributed by atoms with E-state index < -0.39 is 0 Å². The van der Waals surface area contributed by atoms with E-state index in [2.05, 4.69) is 22.6 Å². The van der Waals surface area contributed by atoms with Crippen LogP contribution in [0.4, 0.5) is 0 Å². The van der Waals surface area contributed by atoms with Crippen molar-refractivity contribution in [3.63, 3.8) is 0 Å². The first-order chi connectivity index (χ1) is 6.15. The Labute approximate surface area is 90.5 Å². The summed E-state index contributed by atoms with van der Waals surface area (Å²) in [6.07, 6.45) is 0. The summed E-state index contributed by atoms with van der Waals surface area (Å²) in [7, 11) is 0. The van der Waals surface area contributed by atoms with E-state index in [0.29, 0.717) is 17.2 Å². The Bertz CT molecular complexity index is 314. The molecular formula is C9H10INO2. The maximum atomic E-state index is 11.4. The third kappa shape index (κ3) is 2.67. The van der Waals surface area contributed by atoms with Gasteiger partial charge in [0.1, 0.15) is 0 Å². The van der Waals surface area contributed by atoms with Crippen LogP contribution >= 0.6 is 22.6 Å². The third-order valence-electron chi connectivity index (χ3n) is 1.61. The van der Waals surface area contributed by atoms with E-state index in [1.165, 1.54) is 0 Å². The molecule has 0 aliphatic heterocycles. The second-order valence-electron chi connectivity index (χ2n) is 2.53. The van der Waals surface area contributed by atoms with Crippen molar-refractivity contribution in [3.05, 3.63) is 33.4 Å². The fraction of sp³-hybridized carbons (Fsp3) is 0.222. The van der Waals surface area contributed by atoms with Crippen LogP contribution < -0.4 is 0 Å². The van der Waals surface area contributed by atoms with E-state index in [0.717, 1.165) is 3.57 Å². The van der Waals surface area contributed by atoms with Gasteiger partial charge >= 0.3 is 0 Å². The summed E-state index contributed by atoms with van der Waals surface area (Å²) in [4.78, 5) is 11.4. The van der Waals surface area contributed by atoms with Gasteiger partial charge in [-0.05, 0) is 47.7 Å². The summed E-state index contributed by atoms with van der Waals surface area (Å²) >= 11 is 2.12. The van der Waals surface area contributed by atoms with Crippen molar-refractivity contribution in [1.29, 1.82) is 0 Å². The van der Waals surface area contributed by atoms with Crippen molar-refractivity contribution < 1.29 is 10.0 Å². The predicted octanol–water partition coefficient (Wildman–Crippen LogP) is 2.14. The SMILES string of the molecule is CCN(O)C(=O)c1cccc(I)c1. The number of nitrogens with zero attached hydrogens (tertiary/aromatic N) is 1. The molecule has 0 saturated carbocycles. The Morgan fingerprint density at radius 2 is 2.31 bits per heavy atom. The molecule has 3 nitrogen and oxygen atoms in total. The zero-order chi connectivity index (χ0) is 9.84. The van der Waals surface area contributed by atoms with Crippen molar-refractivity contribution in [3.8, 4) is 0 Å². The van der Waals surface area contributed by atoms with Crippen LogP contribution in [0.3, 0.4) is 0 Å². The Morgan fingerprint density at radius 1 is 1.62 bits per heavy atom. The Balaban J connectivity index is 2.89. The lowest BCUT2D eigenvalue weighted by molar-refractivity contribution is -0.0541. The molecular weight excluding hydrogens is 281 g/mol. The number of halogens is 1. The Hall–Kier alpha value is -0.620. The maximum Gasteiger partial charge on any atom is 0.277 e. The molecule has 4 heteroatoms. The van der Waals surface area contributed by atoms with Crippen molar-refractivity contribution >= 4 is 28.5 Å². The molecule has 0 fully saturated rings. The highest BCUT2D eigenvalue weighted by molar-refractivity contribution is 14.1. The first-order valence-electron chi connectivity index (χ1n) is 3.91. The second-order valence-corrected chi connectivity index (χ2v) is 3.78. The molecule has 0 aromatic heterocycles. The molecule has 0 saturated heterocycles. The number of carbonyl (C=O) groups excluding carboxylic acids is 1. The van der Waals surface area contributed by atoms with Crippen molar-refractivity contribution in [2.75, 3.05) is 6.54 Å². The fourth-order valence-electron chi connectivity index (χ4n) is 0.914. The van der Waals surface area contributed by atoms with E-state index in [1.54, 1.807) is 25.1 Å². The van der Waals surface area contributed by atoms with Crippen LogP contribution in [-0.2, 0) is 0 Å². The van der Waals surface area contributed by atoms with E-state index in [-0.39, 0.29) is 5.91 Å². The number of carbonyl (C=O) groups is 1. The number of amides is 1. The van der Waals surface area contributed by atoms with Gasteiger partial charge in [0.25, 0.3) is 5.91 Å². The summed E-state index contributed by atoms with van der Waals surface area (Å²) in [6, 6.07) is 7.11. The van der Waals surface area contributed by atoms with Crippen molar-refractivity contribution in [1.82, 2.24) is 5.06 Å². The minimum absolute atomic E-state index is 0.296. The highest BCUT2D eigenvalue weighted by Crippen LogP contribution is 2.09. The largest absolute Gasteiger partial charge is 0.286 e. The first-order valence-corrected chi connectivity index (χ1v) is 4.99. The number of hydroxylamine groups is 2. The molecule has 13 heavy (non-hydrogen) atoms. The van der Waals surface area contributed by atoms with Gasteiger partial charge in [-0.3, -0.25) is 10.0 Å². The maximum absolute atomic E-state index is 11.4. The molecule has 0 aliphatic carbocycles. The lowest BCUT2D eigenvalue weighted by atomic mass is 10.2. The monoisotopic (exact) mass is 291 g/mol. The number of rotatable bonds is 2. The zero-order valence-corrected chi connectivity index (χ0v) is 9.35. The molecule has 0 heterocycles. The average molecular weight is 291 g/mol. The van der Waals surface area contributed by atoms with Gasteiger partial charge in [-0.2, -0.15) is 0 Å². The molecule has 0 atom stereocenters. The lowest BCUT2D eigenvalue weighted by Gasteiger charge is -2.11. The van der Waals surface area contributed by atoms with Crippen LogP contribution in [-0.4, -0.2) is 22.7 Å². The standard InChI is InChI=1S/C9H10INO2/c1-2-11(13)9(12)7-4-3-5-8(10)6-7/h3-6,13H,2H2,1H3. The van der Waals surface area contributed by atoms with E-state index in [9.17, 15) is 4.79 Å². The minimum atomic E-state index is -0.360. The van der Waals surface area contributed by atoms with E-state index >= 15 is 0 Å². The highest BCUT2D eigenvalue weighted by atomic mass is 127. The summed E-state index contributed by atoms with van der Waals surface area (Å²) in [6.45, 7) is 2.01. The van der Waals surface area contributed by atoms with Crippen LogP contribution in [0.2, 0.25) is 0 Å². The zero-order valence-electron chi connectivity index (χ0n) is 7.20. The van der Waals surface area contributed by atoms with Crippen LogP contribution in [0.1, 0.15) is 17.3 Å². The Kier molecular flexibility index (Phi) is 3.68. The number of benzene rings is 1. The van der Waals surface area contributed by atoms with Crippen molar-refractivity contribution in [2.45, 2.75) is 6.92 Å². The van der Waals surface area contributed by atoms with Gasteiger partial charge in [0.2, 0.25) is 0 Å². The molecule has 0 unspecified atom stereocenters. The molecule has 70 valence electrons. The van der Waals surface area contributed by atoms with E-state index in [4.69, 9.17) is 5.21 Å². The molecule has 0 radical (unpaired) electrons. The molecule has 1 rings (SSSR count). The lowest BCUT2D eigenvalue weighted by Crippen LogP contribution is -2.26. The summed E-state index contributed by atoms with van der Waals surface area (Å²) in [5.41, 5.74) is 0.510. The molecule has 1 aromatic rings. The Morgan fingerprint density at radius 3 is 2.85 bits per heavy atom. The predicted molar refractivity (Wildman–Crippen MR) is 57.7 cm³/mol. The summed E-state index contributed by atoms with van der Waals surface area (Å²) in [5.74, 6) is -0.360. The first kappa shape index (κ1) is 10.5. The molecule has 1 N–H and O–H groups in total. The smallest absolute Gasteiger partial charge is 0.277 e. The molecule has 0 spiro atoms. The van der Waals surface area contributed by atoms with Gasteiger partial charge in [0, 0.05) is 15.7 Å². The van der Waals surface area contributed by atoms with Gasteiger partial charge in [-0.15, -0.1) is 0 Å². The normalized spacial score (nSPS) is 9.77. The highest BCUT2D eigenvalue weighted by Gasteiger charge is 2.10. The van der Waals surface area contributed by atoms with Crippen molar-refractivity contribution in [2.24, 2.45) is 0 Å². The second kappa shape index (κ2) is 4.57. The molecule has 1 amide bonds. The van der Waals surface area contributed by atoms with Gasteiger partial charge in [-0.25, -0.2) is 5.06 Å². The van der Waals surface area contributed by atoms with E-state index in [1.807, 2.05) is 6.07 Å². The molecule has 0 aliphatic rings. The summed E-state index contributed by atoms with van der Waals surface area (Å²) in [5, 5.41) is 9.85. The number of hydrogen-bond acceptors (Lipinski definition) is 2. The average Bonchev–Trinajstić information content (AvgIpc) is 2.15. The van der Waals surface area contributed by atoms with Gasteiger partial charge < -0.3 is 0 Å². The number of hydrogen-bond donors (Lipinski definition) is 1. The van der Waals surface area contributed by atoms with Crippen LogP contribution in [0, 0.1) is 3.57 Å². The fourth-order valence-corrected chi connectivity index (χ4v) is 1.46. The van der Waals surface area contributed by atoms with Gasteiger partial charge in [-0.1, -0.05) is 6.07 Å². The molecule has 1 aromatic carbocycles.